The number of benzene rings is 1. The first kappa shape index (κ1) is 19.0. The predicted molar refractivity (Wildman–Crippen MR) is 76.6 cm³/mol. The van der Waals surface area contributed by atoms with Crippen molar-refractivity contribution in [2.24, 2.45) is 0 Å². The molecule has 1 aromatic carbocycles. The number of hydrogen-bond donors (Lipinski definition) is 1. The summed E-state index contributed by atoms with van der Waals surface area (Å²) in [5.74, 6) is 0. The van der Waals surface area contributed by atoms with Crippen molar-refractivity contribution in [3.63, 3.8) is 0 Å². The van der Waals surface area contributed by atoms with E-state index in [4.69, 9.17) is 0 Å². The largest absolute Gasteiger partial charge is 0.421 e. The van der Waals surface area contributed by atoms with E-state index in [0.717, 1.165) is 12.0 Å². The molecule has 1 nitrogen and oxygen atoms in total. The van der Waals surface area contributed by atoms with Gasteiger partial charge in [0, 0.05) is 0 Å². The lowest BCUT2D eigenvalue weighted by Crippen LogP contribution is -2.42. The summed E-state index contributed by atoms with van der Waals surface area (Å²) in [6, 6.07) is 5.89. The Morgan fingerprint density at radius 1 is 1.00 bits per heavy atom. The van der Waals surface area contributed by atoms with Gasteiger partial charge in [0.05, 0.1) is 0 Å². The molecule has 1 N–H and O–H groups in total. The molecule has 1 rings (SSSR count). The minimum Gasteiger partial charge on any atom is -0.376 e. The number of halogens is 3. The van der Waals surface area contributed by atoms with Crippen molar-refractivity contribution >= 4 is 0 Å². The van der Waals surface area contributed by atoms with Crippen LogP contribution in [-0.2, 0) is 5.60 Å². The molecule has 0 amide bonds. The first-order chi connectivity index (χ1) is 9.31. The lowest BCUT2D eigenvalue weighted by molar-refractivity contribution is -0.269. The maximum Gasteiger partial charge on any atom is 0.421 e. The fraction of sp³-hybridized carbons (Fsp3) is 0.625. The molecule has 1 unspecified atom stereocenters. The molecule has 1 atom stereocenters. The normalized spacial score (nSPS) is 14.2. The Bertz CT molecular complexity index is 370. The van der Waals surface area contributed by atoms with Crippen LogP contribution in [0.25, 0.3) is 0 Å². The molecular formula is C16H25F3O. The summed E-state index contributed by atoms with van der Waals surface area (Å²) in [6.45, 7) is 7.71. The summed E-state index contributed by atoms with van der Waals surface area (Å²) in [6.07, 6.45) is -3.06. The van der Waals surface area contributed by atoms with Crippen LogP contribution in [0.15, 0.2) is 24.3 Å². The van der Waals surface area contributed by atoms with E-state index in [1.807, 2.05) is 20.8 Å². The predicted octanol–water partition coefficient (Wildman–Crippen LogP) is 5.35. The minimum atomic E-state index is -4.64. The van der Waals surface area contributed by atoms with Gasteiger partial charge >= 0.3 is 6.18 Å². The summed E-state index contributed by atoms with van der Waals surface area (Å²) in [4.78, 5) is 0. The molecule has 116 valence electrons. The molecule has 20 heavy (non-hydrogen) atoms. The molecule has 0 aromatic heterocycles. The molecule has 0 fully saturated rings. The first-order valence-electron chi connectivity index (χ1n) is 7.17. The summed E-state index contributed by atoms with van der Waals surface area (Å²) in [5.41, 5.74) is -1.93. The van der Waals surface area contributed by atoms with Gasteiger partial charge in [0.2, 0.25) is 0 Å². The zero-order valence-corrected chi connectivity index (χ0v) is 12.7. The quantitative estimate of drug-likeness (QED) is 0.725. The highest BCUT2D eigenvalue weighted by atomic mass is 19.4. The first-order valence-corrected chi connectivity index (χ1v) is 7.17. The second kappa shape index (κ2) is 8.30. The summed E-state index contributed by atoms with van der Waals surface area (Å²) < 4.78 is 39.2. The number of alkyl halides is 3. The van der Waals surface area contributed by atoms with Crippen molar-refractivity contribution in [3.05, 3.63) is 35.4 Å². The fourth-order valence-electron chi connectivity index (χ4n) is 1.91. The molecule has 0 spiro atoms. The van der Waals surface area contributed by atoms with E-state index in [9.17, 15) is 18.3 Å². The highest BCUT2D eigenvalue weighted by Gasteiger charge is 2.54. The van der Waals surface area contributed by atoms with Crippen molar-refractivity contribution in [3.8, 4) is 0 Å². The van der Waals surface area contributed by atoms with Crippen LogP contribution < -0.4 is 0 Å². The minimum absolute atomic E-state index is 0.0725. The second-order valence-corrected chi connectivity index (χ2v) is 4.68. The molecule has 0 saturated heterocycles. The zero-order valence-electron chi connectivity index (χ0n) is 12.7. The van der Waals surface area contributed by atoms with E-state index in [2.05, 4.69) is 0 Å². The molecule has 0 radical (unpaired) electrons. The van der Waals surface area contributed by atoms with Gasteiger partial charge in [-0.15, -0.1) is 0 Å². The molecule has 1 aromatic rings. The maximum absolute atomic E-state index is 13.1. The van der Waals surface area contributed by atoms with Crippen LogP contribution in [-0.4, -0.2) is 11.3 Å². The number of hydrogen-bond acceptors (Lipinski definition) is 1. The summed E-state index contributed by atoms with van der Waals surface area (Å²) in [5, 5.41) is 10.0. The Labute approximate surface area is 119 Å². The Balaban J connectivity index is 0.00000172. The van der Waals surface area contributed by atoms with Crippen LogP contribution in [0.5, 0.6) is 0 Å². The fourth-order valence-corrected chi connectivity index (χ4v) is 1.91. The van der Waals surface area contributed by atoms with E-state index in [-0.39, 0.29) is 12.0 Å². The topological polar surface area (TPSA) is 20.2 Å². The summed E-state index contributed by atoms with van der Waals surface area (Å²) in [7, 11) is 0. The van der Waals surface area contributed by atoms with Crippen LogP contribution in [0.2, 0.25) is 0 Å². The monoisotopic (exact) mass is 290 g/mol. The molecular weight excluding hydrogens is 265 g/mol. The van der Waals surface area contributed by atoms with E-state index >= 15 is 0 Å². The number of aliphatic hydroxyl groups is 1. The van der Waals surface area contributed by atoms with Gasteiger partial charge in [-0.1, -0.05) is 63.4 Å². The SMILES string of the molecule is CC.CCCCCC(O)(c1ccc(C)cc1)C(F)(F)F. The van der Waals surface area contributed by atoms with Crippen LogP contribution in [0.3, 0.4) is 0 Å². The van der Waals surface area contributed by atoms with E-state index in [1.165, 1.54) is 12.1 Å². The lowest BCUT2D eigenvalue weighted by atomic mass is 9.87. The second-order valence-electron chi connectivity index (χ2n) is 4.68. The lowest BCUT2D eigenvalue weighted by Gasteiger charge is -2.31. The van der Waals surface area contributed by atoms with Crippen molar-refractivity contribution in [2.75, 3.05) is 0 Å². The summed E-state index contributed by atoms with van der Waals surface area (Å²) >= 11 is 0. The van der Waals surface area contributed by atoms with Gasteiger partial charge in [0.25, 0.3) is 0 Å². The highest BCUT2D eigenvalue weighted by Crippen LogP contribution is 2.42. The average Bonchev–Trinajstić information content (AvgIpc) is 2.40. The van der Waals surface area contributed by atoms with E-state index in [1.54, 1.807) is 19.1 Å². The molecule has 0 aliphatic carbocycles. The van der Waals surface area contributed by atoms with Gasteiger partial charge < -0.3 is 5.11 Å². The molecule has 0 heterocycles. The van der Waals surface area contributed by atoms with Gasteiger partial charge in [-0.2, -0.15) is 13.2 Å². The molecule has 0 aliphatic heterocycles. The Kier molecular flexibility index (Phi) is 7.87. The number of unbranched alkanes of at least 4 members (excludes halogenated alkanes) is 2. The Hall–Kier alpha value is -1.03. The molecule has 0 saturated carbocycles. The molecule has 0 bridgehead atoms. The highest BCUT2D eigenvalue weighted by molar-refractivity contribution is 5.27. The maximum atomic E-state index is 13.1. The van der Waals surface area contributed by atoms with Crippen molar-refractivity contribution in [1.82, 2.24) is 0 Å². The van der Waals surface area contributed by atoms with Gasteiger partial charge in [-0.25, -0.2) is 0 Å². The van der Waals surface area contributed by atoms with E-state index in [0.29, 0.717) is 12.8 Å². The molecule has 4 heteroatoms. The average molecular weight is 290 g/mol. The third-order valence-electron chi connectivity index (χ3n) is 3.14. The van der Waals surface area contributed by atoms with Gasteiger partial charge in [0.15, 0.2) is 5.60 Å². The van der Waals surface area contributed by atoms with Crippen molar-refractivity contribution in [2.45, 2.75) is 65.2 Å². The van der Waals surface area contributed by atoms with Crippen LogP contribution in [0.4, 0.5) is 13.2 Å². The van der Waals surface area contributed by atoms with Gasteiger partial charge in [-0.05, 0) is 25.3 Å². The number of aryl methyl sites for hydroxylation is 1. The van der Waals surface area contributed by atoms with Gasteiger partial charge in [-0.3, -0.25) is 0 Å². The Morgan fingerprint density at radius 3 is 1.90 bits per heavy atom. The van der Waals surface area contributed by atoms with Crippen LogP contribution >= 0.6 is 0 Å². The standard InChI is InChI=1S/C14H19F3O.C2H6/c1-3-4-5-10-13(18,14(15,16)17)12-8-6-11(2)7-9-12;1-2/h6-9,18H,3-5,10H2,1-2H3;1-2H3. The molecule has 0 aliphatic rings. The third kappa shape index (κ3) is 4.82. The van der Waals surface area contributed by atoms with Crippen LogP contribution in [0, 0.1) is 6.92 Å². The Morgan fingerprint density at radius 2 is 1.50 bits per heavy atom. The number of rotatable bonds is 5. The zero-order chi connectivity index (χ0) is 15.8. The third-order valence-corrected chi connectivity index (χ3v) is 3.14. The smallest absolute Gasteiger partial charge is 0.376 e. The van der Waals surface area contributed by atoms with Gasteiger partial charge in [0.1, 0.15) is 0 Å². The van der Waals surface area contributed by atoms with Crippen LogP contribution in [0.1, 0.15) is 57.6 Å². The van der Waals surface area contributed by atoms with Crippen molar-refractivity contribution in [1.29, 1.82) is 0 Å². The van der Waals surface area contributed by atoms with Crippen molar-refractivity contribution < 1.29 is 18.3 Å². The van der Waals surface area contributed by atoms with E-state index < -0.39 is 11.8 Å².